The molecule has 0 saturated carbocycles. The van der Waals surface area contributed by atoms with E-state index in [0.29, 0.717) is 0 Å². The van der Waals surface area contributed by atoms with Gasteiger partial charge in [-0.25, -0.2) is 0 Å². The minimum Gasteiger partial charge on any atom is -0.387 e. The van der Waals surface area contributed by atoms with E-state index in [2.05, 4.69) is 21.2 Å². The number of halogens is 1. The lowest BCUT2D eigenvalue weighted by molar-refractivity contribution is 0.137. The monoisotopic (exact) mass is 255 g/mol. The molecule has 3 heteroatoms. The molecule has 2 N–H and O–H groups in total. The zero-order chi connectivity index (χ0) is 9.97. The van der Waals surface area contributed by atoms with E-state index in [9.17, 15) is 5.11 Å². The van der Waals surface area contributed by atoms with Crippen molar-refractivity contribution in [2.24, 2.45) is 0 Å². The fourth-order valence-corrected chi connectivity index (χ4v) is 2.14. The molecule has 0 aliphatic carbocycles. The van der Waals surface area contributed by atoms with Crippen LogP contribution in [0.25, 0.3) is 0 Å². The second kappa shape index (κ2) is 4.43. The Morgan fingerprint density at radius 2 is 2.07 bits per heavy atom. The van der Waals surface area contributed by atoms with Crippen LogP contribution in [0.1, 0.15) is 24.5 Å². The molecule has 0 radical (unpaired) electrons. The minimum absolute atomic E-state index is 0.233. The Bertz CT molecular complexity index is 293. The minimum atomic E-state index is -0.370. The number of hydrogen-bond acceptors (Lipinski definition) is 2. The summed E-state index contributed by atoms with van der Waals surface area (Å²) in [6.07, 6.45) is 1.86. The van der Waals surface area contributed by atoms with Crippen LogP contribution in [-0.4, -0.2) is 17.7 Å². The summed E-state index contributed by atoms with van der Waals surface area (Å²) in [6.45, 7) is 1.03. The van der Waals surface area contributed by atoms with Crippen molar-refractivity contribution in [1.29, 1.82) is 0 Å². The van der Waals surface area contributed by atoms with Crippen LogP contribution in [0.2, 0.25) is 0 Å². The quantitative estimate of drug-likeness (QED) is 0.850. The van der Waals surface area contributed by atoms with Crippen molar-refractivity contribution in [2.75, 3.05) is 6.54 Å². The van der Waals surface area contributed by atoms with E-state index in [4.69, 9.17) is 0 Å². The molecule has 1 saturated heterocycles. The molecular weight excluding hydrogens is 242 g/mol. The highest BCUT2D eigenvalue weighted by Gasteiger charge is 2.23. The van der Waals surface area contributed by atoms with Crippen LogP contribution in [0.15, 0.2) is 28.7 Å². The van der Waals surface area contributed by atoms with E-state index in [1.807, 2.05) is 24.3 Å². The van der Waals surface area contributed by atoms with Gasteiger partial charge in [0.1, 0.15) is 0 Å². The van der Waals surface area contributed by atoms with Crippen molar-refractivity contribution in [2.45, 2.75) is 25.0 Å². The molecule has 1 heterocycles. The van der Waals surface area contributed by atoms with Gasteiger partial charge in [0.15, 0.2) is 0 Å². The Kier molecular flexibility index (Phi) is 3.21. The first kappa shape index (κ1) is 10.1. The molecule has 2 atom stereocenters. The highest BCUT2D eigenvalue weighted by Crippen LogP contribution is 2.23. The van der Waals surface area contributed by atoms with E-state index in [-0.39, 0.29) is 12.1 Å². The molecule has 1 unspecified atom stereocenters. The normalized spacial score (nSPS) is 23.7. The van der Waals surface area contributed by atoms with Crippen LogP contribution < -0.4 is 5.32 Å². The topological polar surface area (TPSA) is 32.3 Å². The predicted octanol–water partition coefficient (Wildman–Crippen LogP) is 2.23. The van der Waals surface area contributed by atoms with Crippen molar-refractivity contribution in [1.82, 2.24) is 5.32 Å². The van der Waals surface area contributed by atoms with Crippen LogP contribution in [-0.2, 0) is 0 Å². The molecule has 0 aromatic heterocycles. The van der Waals surface area contributed by atoms with Crippen LogP contribution in [0, 0.1) is 0 Å². The van der Waals surface area contributed by atoms with Crippen molar-refractivity contribution in [3.8, 4) is 0 Å². The fraction of sp³-hybridized carbons (Fsp3) is 0.455. The summed E-state index contributed by atoms with van der Waals surface area (Å²) in [5.41, 5.74) is 0.993. The molecule has 1 fully saturated rings. The second-order valence-electron chi connectivity index (χ2n) is 3.70. The summed E-state index contributed by atoms with van der Waals surface area (Å²) in [5.74, 6) is 0. The smallest absolute Gasteiger partial charge is 0.0942 e. The molecule has 1 aliphatic rings. The Morgan fingerprint density at radius 1 is 1.36 bits per heavy atom. The Morgan fingerprint density at radius 3 is 2.64 bits per heavy atom. The molecule has 14 heavy (non-hydrogen) atoms. The standard InChI is InChI=1S/C11H14BrNO/c12-9-5-3-8(4-6-9)11(14)10-2-1-7-13-10/h3-6,10-11,13-14H,1-2,7H2/t10-,11?/m1/s1. The zero-order valence-corrected chi connectivity index (χ0v) is 9.50. The molecule has 0 spiro atoms. The van der Waals surface area contributed by atoms with E-state index in [1.165, 1.54) is 0 Å². The summed E-state index contributed by atoms with van der Waals surface area (Å²) >= 11 is 3.38. The van der Waals surface area contributed by atoms with Gasteiger partial charge >= 0.3 is 0 Å². The first-order valence-electron chi connectivity index (χ1n) is 4.94. The molecular formula is C11H14BrNO. The lowest BCUT2D eigenvalue weighted by atomic mass is 10.0. The Hall–Kier alpha value is -0.380. The van der Waals surface area contributed by atoms with Gasteiger partial charge in [-0.1, -0.05) is 28.1 Å². The zero-order valence-electron chi connectivity index (χ0n) is 7.91. The summed E-state index contributed by atoms with van der Waals surface area (Å²) in [7, 11) is 0. The van der Waals surface area contributed by atoms with Gasteiger partial charge in [0, 0.05) is 10.5 Å². The summed E-state index contributed by atoms with van der Waals surface area (Å²) < 4.78 is 1.05. The first-order chi connectivity index (χ1) is 6.77. The van der Waals surface area contributed by atoms with Gasteiger partial charge in [0.25, 0.3) is 0 Å². The molecule has 76 valence electrons. The SMILES string of the molecule is OC(c1ccc(Br)cc1)[C@H]1CCCN1. The van der Waals surface area contributed by atoms with Gasteiger partial charge in [0.2, 0.25) is 0 Å². The molecule has 2 rings (SSSR count). The highest BCUT2D eigenvalue weighted by molar-refractivity contribution is 9.10. The predicted molar refractivity (Wildman–Crippen MR) is 60.1 cm³/mol. The van der Waals surface area contributed by atoms with Crippen molar-refractivity contribution in [3.63, 3.8) is 0 Å². The van der Waals surface area contributed by atoms with Gasteiger partial charge in [-0.2, -0.15) is 0 Å². The third-order valence-corrected chi connectivity index (χ3v) is 3.22. The number of hydrogen-bond donors (Lipinski definition) is 2. The average molecular weight is 256 g/mol. The number of aliphatic hydroxyl groups excluding tert-OH is 1. The third kappa shape index (κ3) is 2.16. The van der Waals surface area contributed by atoms with Crippen LogP contribution in [0.5, 0.6) is 0 Å². The molecule has 0 amide bonds. The molecule has 1 aromatic rings. The summed E-state index contributed by atoms with van der Waals surface area (Å²) in [6, 6.07) is 8.10. The maximum atomic E-state index is 10.0. The van der Waals surface area contributed by atoms with Crippen molar-refractivity contribution >= 4 is 15.9 Å². The third-order valence-electron chi connectivity index (χ3n) is 2.69. The summed E-state index contributed by atoms with van der Waals surface area (Å²) in [4.78, 5) is 0. The van der Waals surface area contributed by atoms with Gasteiger partial charge < -0.3 is 10.4 Å². The molecule has 1 aromatic carbocycles. The number of nitrogens with one attached hydrogen (secondary N) is 1. The summed E-state index contributed by atoms with van der Waals surface area (Å²) in [5, 5.41) is 13.3. The van der Waals surface area contributed by atoms with Gasteiger partial charge in [-0.15, -0.1) is 0 Å². The van der Waals surface area contributed by atoms with E-state index < -0.39 is 0 Å². The number of rotatable bonds is 2. The van der Waals surface area contributed by atoms with Crippen molar-refractivity contribution < 1.29 is 5.11 Å². The molecule has 0 bridgehead atoms. The first-order valence-corrected chi connectivity index (χ1v) is 5.73. The average Bonchev–Trinajstić information content (AvgIpc) is 2.71. The van der Waals surface area contributed by atoms with Crippen LogP contribution in [0.3, 0.4) is 0 Å². The van der Waals surface area contributed by atoms with E-state index >= 15 is 0 Å². The fourth-order valence-electron chi connectivity index (χ4n) is 1.87. The van der Waals surface area contributed by atoms with Gasteiger partial charge in [-0.3, -0.25) is 0 Å². The van der Waals surface area contributed by atoms with E-state index in [0.717, 1.165) is 29.4 Å². The largest absolute Gasteiger partial charge is 0.387 e. The van der Waals surface area contributed by atoms with Crippen molar-refractivity contribution in [3.05, 3.63) is 34.3 Å². The second-order valence-corrected chi connectivity index (χ2v) is 4.61. The van der Waals surface area contributed by atoms with Gasteiger partial charge in [-0.05, 0) is 37.1 Å². The Labute approximate surface area is 92.5 Å². The number of benzene rings is 1. The highest BCUT2D eigenvalue weighted by atomic mass is 79.9. The van der Waals surface area contributed by atoms with E-state index in [1.54, 1.807) is 0 Å². The number of aliphatic hydroxyl groups is 1. The van der Waals surface area contributed by atoms with Crippen LogP contribution >= 0.6 is 15.9 Å². The maximum Gasteiger partial charge on any atom is 0.0942 e. The lowest BCUT2D eigenvalue weighted by Gasteiger charge is -2.18. The lowest BCUT2D eigenvalue weighted by Crippen LogP contribution is -2.28. The van der Waals surface area contributed by atoms with Crippen LogP contribution in [0.4, 0.5) is 0 Å². The van der Waals surface area contributed by atoms with Gasteiger partial charge in [0.05, 0.1) is 6.10 Å². The molecule has 1 aliphatic heterocycles. The maximum absolute atomic E-state index is 10.0. The Balaban J connectivity index is 2.09. The molecule has 2 nitrogen and oxygen atoms in total.